The lowest BCUT2D eigenvalue weighted by molar-refractivity contribution is -0.163. The van der Waals surface area contributed by atoms with E-state index in [9.17, 15) is 34.2 Å². The summed E-state index contributed by atoms with van der Waals surface area (Å²) in [4.78, 5) is 60.0. The average molecular weight is 454 g/mol. The van der Waals surface area contributed by atoms with E-state index in [2.05, 4.69) is 20.1 Å². The lowest BCUT2D eigenvalue weighted by Gasteiger charge is -2.27. The van der Waals surface area contributed by atoms with Gasteiger partial charge >= 0.3 is 24.0 Å². The summed E-state index contributed by atoms with van der Waals surface area (Å²) in [5.74, 6) is -7.66. The molecule has 0 heterocycles. The number of carbonyl (C=O) groups excluding carboxylic acids is 4. The minimum Gasteiger partial charge on any atom is -0.480 e. The molecule has 176 valence electrons. The molecule has 0 saturated heterocycles. The maximum absolute atomic E-state index is 12.5. The number of aliphatic hydroxyl groups excluding tert-OH is 1. The van der Waals surface area contributed by atoms with E-state index >= 15 is 0 Å². The van der Waals surface area contributed by atoms with Crippen molar-refractivity contribution in [1.82, 2.24) is 10.6 Å². The first-order valence-electron chi connectivity index (χ1n) is 9.43. The highest BCUT2D eigenvalue weighted by molar-refractivity contribution is 5.96. The van der Waals surface area contributed by atoms with Crippen molar-refractivity contribution in [2.75, 3.05) is 20.8 Å². The van der Waals surface area contributed by atoms with Crippen LogP contribution in [-0.2, 0) is 40.0 Å². The standard InChI is InChI=1S/C20H26N2O10/c1-11(14(18(27)30-2)19(28)31-3)15(17(25)26)22-16(24)13(9-23)21-20(29)32-10-12-7-5-4-6-8-12/h4-8,11,13-15,23H,9-10H2,1-3H3,(H,21,29)(H,22,24)(H,25,26)/t11-,13+,15-/m1/s1. The van der Waals surface area contributed by atoms with Gasteiger partial charge in [0.1, 0.15) is 18.7 Å². The molecular weight excluding hydrogens is 428 g/mol. The van der Waals surface area contributed by atoms with Crippen LogP contribution in [0.25, 0.3) is 0 Å². The quantitative estimate of drug-likeness (QED) is 0.192. The molecular formula is C20H26N2O10. The number of carbonyl (C=O) groups is 5. The Bertz CT molecular complexity index is 798. The molecule has 32 heavy (non-hydrogen) atoms. The van der Waals surface area contributed by atoms with Crippen molar-refractivity contribution in [2.24, 2.45) is 11.8 Å². The van der Waals surface area contributed by atoms with Gasteiger partial charge in [0.25, 0.3) is 0 Å². The fourth-order valence-electron chi connectivity index (χ4n) is 2.74. The molecule has 12 heteroatoms. The molecule has 0 aliphatic heterocycles. The number of carboxylic acids is 1. The Labute approximate surface area is 183 Å². The van der Waals surface area contributed by atoms with Crippen molar-refractivity contribution in [3.8, 4) is 0 Å². The van der Waals surface area contributed by atoms with E-state index in [4.69, 9.17) is 4.74 Å². The summed E-state index contributed by atoms with van der Waals surface area (Å²) >= 11 is 0. The van der Waals surface area contributed by atoms with Crippen molar-refractivity contribution < 1.29 is 48.4 Å². The second-order valence-corrected chi connectivity index (χ2v) is 6.65. The molecule has 2 amide bonds. The Morgan fingerprint density at radius 3 is 2.00 bits per heavy atom. The molecule has 0 radical (unpaired) electrons. The Morgan fingerprint density at radius 1 is 0.969 bits per heavy atom. The number of aliphatic hydroxyl groups is 1. The molecule has 1 aromatic carbocycles. The van der Waals surface area contributed by atoms with E-state index in [1.807, 2.05) is 0 Å². The number of alkyl carbamates (subject to hydrolysis) is 1. The number of carboxylic acid groups (broad SMARTS) is 1. The Hall–Kier alpha value is -3.67. The third kappa shape index (κ3) is 7.54. The van der Waals surface area contributed by atoms with Crippen LogP contribution in [0.3, 0.4) is 0 Å². The fourth-order valence-corrected chi connectivity index (χ4v) is 2.74. The summed E-state index contributed by atoms with van der Waals surface area (Å²) in [6, 6.07) is 5.38. The topological polar surface area (TPSA) is 178 Å². The minimum absolute atomic E-state index is 0.0961. The molecule has 0 aliphatic carbocycles. The van der Waals surface area contributed by atoms with Crippen LogP contribution < -0.4 is 10.6 Å². The van der Waals surface area contributed by atoms with E-state index in [1.165, 1.54) is 6.92 Å². The number of benzene rings is 1. The van der Waals surface area contributed by atoms with E-state index in [0.29, 0.717) is 5.56 Å². The van der Waals surface area contributed by atoms with Gasteiger partial charge in [-0.05, 0) is 5.56 Å². The van der Waals surface area contributed by atoms with Gasteiger partial charge < -0.3 is 35.1 Å². The minimum atomic E-state index is -1.75. The molecule has 0 aromatic heterocycles. The monoisotopic (exact) mass is 454 g/mol. The van der Waals surface area contributed by atoms with Crippen molar-refractivity contribution in [2.45, 2.75) is 25.6 Å². The van der Waals surface area contributed by atoms with Gasteiger partial charge in [0.05, 0.1) is 20.8 Å². The summed E-state index contributed by atoms with van der Waals surface area (Å²) < 4.78 is 14.0. The van der Waals surface area contributed by atoms with Crippen LogP contribution in [0.2, 0.25) is 0 Å². The third-order valence-corrected chi connectivity index (χ3v) is 4.53. The zero-order valence-corrected chi connectivity index (χ0v) is 17.8. The molecule has 1 aromatic rings. The summed E-state index contributed by atoms with van der Waals surface area (Å²) in [6.07, 6.45) is -1.02. The van der Waals surface area contributed by atoms with Gasteiger partial charge in [-0.2, -0.15) is 0 Å². The number of hydrogen-bond donors (Lipinski definition) is 4. The molecule has 12 nitrogen and oxygen atoms in total. The van der Waals surface area contributed by atoms with Gasteiger partial charge in [0.2, 0.25) is 5.91 Å². The molecule has 0 bridgehead atoms. The molecule has 0 fully saturated rings. The van der Waals surface area contributed by atoms with E-state index in [-0.39, 0.29) is 6.61 Å². The second-order valence-electron chi connectivity index (χ2n) is 6.65. The molecule has 3 atom stereocenters. The number of amides is 2. The number of nitrogens with one attached hydrogen (secondary N) is 2. The number of rotatable bonds is 11. The molecule has 0 aliphatic rings. The zero-order valence-electron chi connectivity index (χ0n) is 17.8. The predicted octanol–water partition coefficient (Wildman–Crippen LogP) is -0.559. The van der Waals surface area contributed by atoms with Gasteiger partial charge in [-0.3, -0.25) is 14.4 Å². The lowest BCUT2D eigenvalue weighted by Crippen LogP contribution is -2.56. The summed E-state index contributed by atoms with van der Waals surface area (Å²) in [5, 5.41) is 23.2. The Kier molecular flexibility index (Phi) is 10.6. The molecule has 1 rings (SSSR count). The normalized spacial score (nSPS) is 13.3. The van der Waals surface area contributed by atoms with Gasteiger partial charge in [0, 0.05) is 5.92 Å². The van der Waals surface area contributed by atoms with E-state index in [0.717, 1.165) is 14.2 Å². The van der Waals surface area contributed by atoms with Crippen LogP contribution in [0.5, 0.6) is 0 Å². The van der Waals surface area contributed by atoms with E-state index in [1.54, 1.807) is 30.3 Å². The van der Waals surface area contributed by atoms with Crippen LogP contribution in [0.15, 0.2) is 30.3 Å². The van der Waals surface area contributed by atoms with Crippen LogP contribution in [0.4, 0.5) is 4.79 Å². The number of hydrogen-bond acceptors (Lipinski definition) is 9. The second kappa shape index (κ2) is 12.9. The maximum atomic E-state index is 12.5. The summed E-state index contributed by atoms with van der Waals surface area (Å²) in [6.45, 7) is 0.263. The van der Waals surface area contributed by atoms with Crippen molar-refractivity contribution >= 4 is 29.9 Å². The lowest BCUT2D eigenvalue weighted by atomic mass is 9.87. The van der Waals surface area contributed by atoms with Crippen molar-refractivity contribution in [3.05, 3.63) is 35.9 Å². The fraction of sp³-hybridized carbons (Fsp3) is 0.450. The smallest absolute Gasteiger partial charge is 0.408 e. The number of methoxy groups -OCH3 is 2. The Morgan fingerprint density at radius 2 is 1.53 bits per heavy atom. The highest BCUT2D eigenvalue weighted by Crippen LogP contribution is 2.20. The molecule has 0 unspecified atom stereocenters. The average Bonchev–Trinajstić information content (AvgIpc) is 2.79. The molecule has 4 N–H and O–H groups in total. The SMILES string of the molecule is COC(=O)C(C(=O)OC)[C@@H](C)[C@@H](NC(=O)[C@H](CO)NC(=O)OCc1ccccc1)C(=O)O. The van der Waals surface area contributed by atoms with Crippen LogP contribution in [0, 0.1) is 11.8 Å². The first-order valence-corrected chi connectivity index (χ1v) is 9.43. The first-order chi connectivity index (χ1) is 15.2. The predicted molar refractivity (Wildman–Crippen MR) is 107 cm³/mol. The highest BCUT2D eigenvalue weighted by Gasteiger charge is 2.42. The molecule has 0 saturated carbocycles. The van der Waals surface area contributed by atoms with Crippen molar-refractivity contribution in [3.63, 3.8) is 0 Å². The van der Waals surface area contributed by atoms with Gasteiger partial charge in [-0.25, -0.2) is 9.59 Å². The number of ether oxygens (including phenoxy) is 3. The third-order valence-electron chi connectivity index (χ3n) is 4.53. The number of esters is 2. The first kappa shape index (κ1) is 26.4. The zero-order chi connectivity index (χ0) is 24.3. The van der Waals surface area contributed by atoms with Gasteiger partial charge in [-0.15, -0.1) is 0 Å². The number of aliphatic carboxylic acids is 1. The van der Waals surface area contributed by atoms with Crippen LogP contribution in [-0.4, -0.2) is 73.0 Å². The van der Waals surface area contributed by atoms with Crippen LogP contribution in [0.1, 0.15) is 12.5 Å². The van der Waals surface area contributed by atoms with Crippen LogP contribution >= 0.6 is 0 Å². The van der Waals surface area contributed by atoms with Crippen molar-refractivity contribution in [1.29, 1.82) is 0 Å². The van der Waals surface area contributed by atoms with E-state index < -0.39 is 60.4 Å². The highest BCUT2D eigenvalue weighted by atomic mass is 16.6. The van der Waals surface area contributed by atoms with Gasteiger partial charge in [0.15, 0.2) is 5.92 Å². The maximum Gasteiger partial charge on any atom is 0.408 e. The summed E-state index contributed by atoms with van der Waals surface area (Å²) in [5.41, 5.74) is 0.684. The van der Waals surface area contributed by atoms with Gasteiger partial charge in [-0.1, -0.05) is 37.3 Å². The largest absolute Gasteiger partial charge is 0.480 e. The molecule has 0 spiro atoms. The summed E-state index contributed by atoms with van der Waals surface area (Å²) in [7, 11) is 2.01. The Balaban J connectivity index is 2.85.